The van der Waals surface area contributed by atoms with E-state index in [-0.39, 0.29) is 5.75 Å². The van der Waals surface area contributed by atoms with Crippen molar-refractivity contribution in [3.8, 4) is 5.75 Å². The maximum atomic E-state index is 9.09. The number of aliphatic imine (C=N–C) groups is 1. The van der Waals surface area contributed by atoms with Crippen LogP contribution in [-0.2, 0) is 0 Å². The third kappa shape index (κ3) is 2.64. The fraction of sp³-hybridized carbons (Fsp3) is 0. The fourth-order valence-electron chi connectivity index (χ4n) is 1.14. The average molecular weight is 198 g/mol. The van der Waals surface area contributed by atoms with Crippen molar-refractivity contribution >= 4 is 11.9 Å². The second kappa shape index (κ2) is 4.37. The molecule has 0 saturated carbocycles. The van der Waals surface area contributed by atoms with Crippen LogP contribution in [0.15, 0.2) is 53.8 Å². The summed E-state index contributed by atoms with van der Waals surface area (Å²) in [6.45, 7) is 0. The van der Waals surface area contributed by atoms with Crippen molar-refractivity contribution < 1.29 is 5.11 Å². The molecule has 1 aromatic carbocycles. The van der Waals surface area contributed by atoms with Crippen LogP contribution < -0.4 is 0 Å². The van der Waals surface area contributed by atoms with E-state index >= 15 is 0 Å². The molecule has 0 bridgehead atoms. The molecule has 0 spiro atoms. The summed E-state index contributed by atoms with van der Waals surface area (Å²) >= 11 is 0. The Kier molecular flexibility index (Phi) is 2.74. The minimum absolute atomic E-state index is 0.260. The first-order valence-corrected chi connectivity index (χ1v) is 4.58. The number of hydrogen-bond acceptors (Lipinski definition) is 3. The van der Waals surface area contributed by atoms with E-state index in [1.807, 2.05) is 12.1 Å². The molecular formula is C12H10N2O. The van der Waals surface area contributed by atoms with Crippen molar-refractivity contribution in [2.75, 3.05) is 0 Å². The Hall–Kier alpha value is -2.16. The van der Waals surface area contributed by atoms with Gasteiger partial charge in [0.25, 0.3) is 0 Å². The van der Waals surface area contributed by atoms with Gasteiger partial charge in [0.05, 0.1) is 5.69 Å². The largest absolute Gasteiger partial charge is 0.508 e. The molecule has 2 rings (SSSR count). The second-order valence-corrected chi connectivity index (χ2v) is 3.06. The number of pyridine rings is 1. The molecule has 0 aliphatic rings. The summed E-state index contributed by atoms with van der Waals surface area (Å²) in [6.07, 6.45) is 5.14. The van der Waals surface area contributed by atoms with Gasteiger partial charge in [0, 0.05) is 18.6 Å². The van der Waals surface area contributed by atoms with Crippen LogP contribution >= 0.6 is 0 Å². The molecule has 1 N–H and O–H groups in total. The van der Waals surface area contributed by atoms with E-state index in [4.69, 9.17) is 5.11 Å². The third-order valence-corrected chi connectivity index (χ3v) is 1.92. The van der Waals surface area contributed by atoms with Crippen LogP contribution in [0, 0.1) is 0 Å². The summed E-state index contributed by atoms with van der Waals surface area (Å²) in [5.74, 6) is 0.260. The van der Waals surface area contributed by atoms with Crippen molar-refractivity contribution in [3.63, 3.8) is 0 Å². The molecule has 74 valence electrons. The van der Waals surface area contributed by atoms with Crippen LogP contribution in [0.4, 0.5) is 5.69 Å². The van der Waals surface area contributed by atoms with Crippen LogP contribution in [-0.4, -0.2) is 16.3 Å². The van der Waals surface area contributed by atoms with Crippen LogP contribution in [0.1, 0.15) is 5.56 Å². The Balaban J connectivity index is 2.15. The molecule has 0 saturated heterocycles. The predicted molar refractivity (Wildman–Crippen MR) is 59.6 cm³/mol. The van der Waals surface area contributed by atoms with Gasteiger partial charge in [0.1, 0.15) is 5.75 Å². The quantitative estimate of drug-likeness (QED) is 0.753. The Morgan fingerprint density at radius 2 is 1.67 bits per heavy atom. The molecule has 0 unspecified atom stereocenters. The number of benzene rings is 1. The van der Waals surface area contributed by atoms with Crippen LogP contribution in [0.25, 0.3) is 0 Å². The first-order valence-electron chi connectivity index (χ1n) is 4.58. The van der Waals surface area contributed by atoms with Gasteiger partial charge in [0.15, 0.2) is 0 Å². The molecule has 0 aliphatic heterocycles. The van der Waals surface area contributed by atoms with Gasteiger partial charge in [-0.05, 0) is 42.0 Å². The van der Waals surface area contributed by atoms with E-state index in [1.54, 1.807) is 42.9 Å². The molecular weight excluding hydrogens is 188 g/mol. The molecule has 1 aromatic heterocycles. The highest BCUT2D eigenvalue weighted by Crippen LogP contribution is 2.11. The molecule has 0 amide bonds. The highest BCUT2D eigenvalue weighted by atomic mass is 16.3. The highest BCUT2D eigenvalue weighted by molar-refractivity contribution is 5.81. The van der Waals surface area contributed by atoms with E-state index in [0.29, 0.717) is 0 Å². The molecule has 0 radical (unpaired) electrons. The van der Waals surface area contributed by atoms with E-state index < -0.39 is 0 Å². The summed E-state index contributed by atoms with van der Waals surface area (Å²) in [7, 11) is 0. The molecule has 0 aliphatic carbocycles. The smallest absolute Gasteiger partial charge is 0.115 e. The number of aromatic hydroxyl groups is 1. The fourth-order valence-corrected chi connectivity index (χ4v) is 1.14. The van der Waals surface area contributed by atoms with Crippen LogP contribution in [0.3, 0.4) is 0 Å². The molecule has 15 heavy (non-hydrogen) atoms. The number of phenolic OH excluding ortho intramolecular Hbond substituents is 1. The van der Waals surface area contributed by atoms with Gasteiger partial charge < -0.3 is 5.11 Å². The van der Waals surface area contributed by atoms with Crippen molar-refractivity contribution in [3.05, 3.63) is 54.4 Å². The number of nitrogens with zero attached hydrogens (tertiary/aromatic N) is 2. The SMILES string of the molecule is Oc1ccc(C=Nc2ccncc2)cc1. The van der Waals surface area contributed by atoms with E-state index in [2.05, 4.69) is 9.98 Å². The molecule has 0 atom stereocenters. The third-order valence-electron chi connectivity index (χ3n) is 1.92. The lowest BCUT2D eigenvalue weighted by Gasteiger charge is -1.94. The van der Waals surface area contributed by atoms with Gasteiger partial charge in [-0.25, -0.2) is 0 Å². The standard InChI is InChI=1S/C12H10N2O/c15-12-3-1-10(2-4-12)9-14-11-5-7-13-8-6-11/h1-9,15H. The van der Waals surface area contributed by atoms with Crippen LogP contribution in [0.5, 0.6) is 5.75 Å². The Bertz CT molecular complexity index is 449. The zero-order valence-corrected chi connectivity index (χ0v) is 8.04. The van der Waals surface area contributed by atoms with E-state index in [9.17, 15) is 0 Å². The first kappa shape index (κ1) is 9.40. The number of hydrogen-bond donors (Lipinski definition) is 1. The van der Waals surface area contributed by atoms with Crippen LogP contribution in [0.2, 0.25) is 0 Å². The minimum atomic E-state index is 0.260. The molecule has 2 aromatic rings. The summed E-state index contributed by atoms with van der Waals surface area (Å²) in [6, 6.07) is 10.5. The lowest BCUT2D eigenvalue weighted by Crippen LogP contribution is -1.78. The Morgan fingerprint density at radius 3 is 2.33 bits per heavy atom. The Morgan fingerprint density at radius 1 is 1.00 bits per heavy atom. The number of rotatable bonds is 2. The van der Waals surface area contributed by atoms with Crippen molar-refractivity contribution in [2.45, 2.75) is 0 Å². The topological polar surface area (TPSA) is 45.5 Å². The zero-order chi connectivity index (χ0) is 10.5. The van der Waals surface area contributed by atoms with Gasteiger partial charge >= 0.3 is 0 Å². The van der Waals surface area contributed by atoms with Gasteiger partial charge in [0.2, 0.25) is 0 Å². The summed E-state index contributed by atoms with van der Waals surface area (Å²) in [4.78, 5) is 8.16. The van der Waals surface area contributed by atoms with Gasteiger partial charge in [-0.3, -0.25) is 9.98 Å². The van der Waals surface area contributed by atoms with E-state index in [1.165, 1.54) is 0 Å². The zero-order valence-electron chi connectivity index (χ0n) is 8.04. The molecule has 1 heterocycles. The minimum Gasteiger partial charge on any atom is -0.508 e. The highest BCUT2D eigenvalue weighted by Gasteiger charge is 1.89. The maximum Gasteiger partial charge on any atom is 0.115 e. The maximum absolute atomic E-state index is 9.09. The number of aromatic nitrogens is 1. The van der Waals surface area contributed by atoms with Crippen molar-refractivity contribution in [1.82, 2.24) is 4.98 Å². The second-order valence-electron chi connectivity index (χ2n) is 3.06. The van der Waals surface area contributed by atoms with Gasteiger partial charge in [-0.15, -0.1) is 0 Å². The molecule has 3 nitrogen and oxygen atoms in total. The summed E-state index contributed by atoms with van der Waals surface area (Å²) in [5.41, 5.74) is 1.81. The van der Waals surface area contributed by atoms with Gasteiger partial charge in [-0.1, -0.05) is 0 Å². The van der Waals surface area contributed by atoms with Gasteiger partial charge in [-0.2, -0.15) is 0 Å². The Labute approximate surface area is 87.8 Å². The van der Waals surface area contributed by atoms with Crippen molar-refractivity contribution in [1.29, 1.82) is 0 Å². The first-order chi connectivity index (χ1) is 7.34. The lowest BCUT2D eigenvalue weighted by molar-refractivity contribution is 0.475. The normalized spacial score (nSPS) is 10.7. The lowest BCUT2D eigenvalue weighted by atomic mass is 10.2. The molecule has 3 heteroatoms. The molecule has 0 fully saturated rings. The predicted octanol–water partition coefficient (Wildman–Crippen LogP) is 2.54. The monoisotopic (exact) mass is 198 g/mol. The number of phenols is 1. The average Bonchev–Trinajstić information content (AvgIpc) is 2.30. The van der Waals surface area contributed by atoms with Crippen molar-refractivity contribution in [2.24, 2.45) is 4.99 Å². The summed E-state index contributed by atoms with van der Waals surface area (Å²) in [5, 5.41) is 9.09. The van der Waals surface area contributed by atoms with E-state index in [0.717, 1.165) is 11.3 Å². The summed E-state index contributed by atoms with van der Waals surface area (Å²) < 4.78 is 0.